The number of aryl methyl sites for hydroxylation is 1. The Balaban J connectivity index is 3.25. The summed E-state index contributed by atoms with van der Waals surface area (Å²) in [6.45, 7) is 6.27. The molecule has 1 rings (SSSR count). The van der Waals surface area contributed by atoms with Crippen LogP contribution in [0, 0.1) is 18.3 Å². The van der Waals surface area contributed by atoms with Crippen molar-refractivity contribution in [3.63, 3.8) is 0 Å². The zero-order chi connectivity index (χ0) is 11.4. The summed E-state index contributed by atoms with van der Waals surface area (Å²) < 4.78 is 5.34. The third kappa shape index (κ3) is 2.50. The van der Waals surface area contributed by atoms with Crippen molar-refractivity contribution >= 4 is 0 Å². The molecule has 0 spiro atoms. The largest absolute Gasteiger partial charge is 0.496 e. The number of nitrogens with zero attached hydrogens (tertiary/aromatic N) is 1. The lowest BCUT2D eigenvalue weighted by molar-refractivity contribution is 0.407. The first-order chi connectivity index (χ1) is 7.10. The van der Waals surface area contributed by atoms with E-state index in [1.807, 2.05) is 13.0 Å². The molecule has 2 heteroatoms. The highest BCUT2D eigenvalue weighted by atomic mass is 16.5. The highest BCUT2D eigenvalue weighted by Gasteiger charge is 2.10. The molecule has 0 fully saturated rings. The van der Waals surface area contributed by atoms with Crippen molar-refractivity contribution in [1.82, 2.24) is 0 Å². The molecule has 0 N–H and O–H groups in total. The van der Waals surface area contributed by atoms with Crippen molar-refractivity contribution in [1.29, 1.82) is 5.26 Å². The maximum Gasteiger partial charge on any atom is 0.122 e. The highest BCUT2D eigenvalue weighted by molar-refractivity contribution is 5.44. The number of ether oxygens (including phenoxy) is 1. The van der Waals surface area contributed by atoms with Crippen LogP contribution >= 0.6 is 0 Å². The van der Waals surface area contributed by atoms with Crippen LogP contribution < -0.4 is 4.74 Å². The van der Waals surface area contributed by atoms with Crippen LogP contribution in [0.5, 0.6) is 5.75 Å². The summed E-state index contributed by atoms with van der Waals surface area (Å²) in [6, 6.07) is 6.29. The first-order valence-corrected chi connectivity index (χ1v) is 5.14. The van der Waals surface area contributed by atoms with Crippen molar-refractivity contribution in [3.05, 3.63) is 28.8 Å². The summed E-state index contributed by atoms with van der Waals surface area (Å²) in [4.78, 5) is 0. The average molecular weight is 203 g/mol. The van der Waals surface area contributed by atoms with E-state index >= 15 is 0 Å². The van der Waals surface area contributed by atoms with Crippen LogP contribution in [0.4, 0.5) is 0 Å². The normalized spacial score (nSPS) is 10.1. The monoisotopic (exact) mass is 203 g/mol. The second kappa shape index (κ2) is 4.84. The Morgan fingerprint density at radius 2 is 2.07 bits per heavy atom. The van der Waals surface area contributed by atoms with Gasteiger partial charge in [0.05, 0.1) is 19.6 Å². The second-order valence-electron chi connectivity index (χ2n) is 4.01. The van der Waals surface area contributed by atoms with Crippen LogP contribution in [0.1, 0.15) is 36.5 Å². The first kappa shape index (κ1) is 11.6. The minimum absolute atomic E-state index is 0.415. The van der Waals surface area contributed by atoms with Crippen LogP contribution in [0.3, 0.4) is 0 Å². The van der Waals surface area contributed by atoms with Gasteiger partial charge in [0.15, 0.2) is 0 Å². The number of hydrogen-bond donors (Lipinski definition) is 0. The predicted molar refractivity (Wildman–Crippen MR) is 61.1 cm³/mol. The van der Waals surface area contributed by atoms with E-state index in [-0.39, 0.29) is 0 Å². The Kier molecular flexibility index (Phi) is 3.74. The van der Waals surface area contributed by atoms with E-state index in [0.717, 1.165) is 16.9 Å². The predicted octanol–water partition coefficient (Wildman–Crippen LogP) is 3.19. The fourth-order valence-corrected chi connectivity index (χ4v) is 1.65. The van der Waals surface area contributed by atoms with Crippen molar-refractivity contribution in [2.24, 2.45) is 0 Å². The molecule has 0 bridgehead atoms. The molecule has 1 aromatic carbocycles. The summed E-state index contributed by atoms with van der Waals surface area (Å²) in [5, 5.41) is 8.72. The van der Waals surface area contributed by atoms with Crippen molar-refractivity contribution in [2.45, 2.75) is 33.1 Å². The summed E-state index contributed by atoms with van der Waals surface area (Å²) in [7, 11) is 1.69. The van der Waals surface area contributed by atoms with Crippen LogP contribution in [0.2, 0.25) is 0 Å². The number of methoxy groups -OCH3 is 1. The smallest absolute Gasteiger partial charge is 0.122 e. The summed E-state index contributed by atoms with van der Waals surface area (Å²) >= 11 is 0. The zero-order valence-electron chi connectivity index (χ0n) is 9.79. The van der Waals surface area contributed by atoms with Gasteiger partial charge in [-0.15, -0.1) is 0 Å². The van der Waals surface area contributed by atoms with Crippen LogP contribution in [-0.4, -0.2) is 7.11 Å². The van der Waals surface area contributed by atoms with Gasteiger partial charge < -0.3 is 4.74 Å². The van der Waals surface area contributed by atoms with Crippen molar-refractivity contribution in [3.8, 4) is 11.8 Å². The van der Waals surface area contributed by atoms with Crippen molar-refractivity contribution < 1.29 is 4.74 Å². The molecule has 15 heavy (non-hydrogen) atoms. The van der Waals surface area contributed by atoms with Gasteiger partial charge in [-0.25, -0.2) is 0 Å². The van der Waals surface area contributed by atoms with E-state index in [1.54, 1.807) is 7.11 Å². The Hall–Kier alpha value is -1.49. The molecule has 0 aliphatic rings. The summed E-state index contributed by atoms with van der Waals surface area (Å²) in [5.74, 6) is 1.34. The molecule has 80 valence electrons. The Bertz CT molecular complexity index is 388. The van der Waals surface area contributed by atoms with Crippen LogP contribution in [-0.2, 0) is 6.42 Å². The van der Waals surface area contributed by atoms with E-state index in [4.69, 9.17) is 10.00 Å². The molecule has 0 radical (unpaired) electrons. The molecule has 1 aromatic rings. The summed E-state index contributed by atoms with van der Waals surface area (Å²) in [5.41, 5.74) is 3.40. The maximum absolute atomic E-state index is 8.72. The van der Waals surface area contributed by atoms with Gasteiger partial charge in [-0.2, -0.15) is 5.26 Å². The molecule has 0 saturated heterocycles. The molecule has 2 nitrogen and oxygen atoms in total. The lowest BCUT2D eigenvalue weighted by Crippen LogP contribution is -1.98. The standard InChI is InChI=1S/C13H17NO/c1-9(2)12-8-11(5-6-14)10(3)7-13(12)15-4/h7-9H,5H2,1-4H3. The molecule has 0 aliphatic heterocycles. The summed E-state index contributed by atoms with van der Waals surface area (Å²) in [6.07, 6.45) is 0.468. The minimum Gasteiger partial charge on any atom is -0.496 e. The average Bonchev–Trinajstić information content (AvgIpc) is 2.20. The lowest BCUT2D eigenvalue weighted by Gasteiger charge is -2.14. The zero-order valence-corrected chi connectivity index (χ0v) is 9.79. The van der Waals surface area contributed by atoms with Gasteiger partial charge in [-0.1, -0.05) is 19.9 Å². The molecular formula is C13H17NO. The van der Waals surface area contributed by atoms with Crippen LogP contribution in [0.25, 0.3) is 0 Å². The molecule has 0 atom stereocenters. The topological polar surface area (TPSA) is 33.0 Å². The number of benzene rings is 1. The van der Waals surface area contributed by atoms with E-state index < -0.39 is 0 Å². The van der Waals surface area contributed by atoms with Gasteiger partial charge in [0.1, 0.15) is 5.75 Å². The first-order valence-electron chi connectivity index (χ1n) is 5.14. The van der Waals surface area contributed by atoms with Gasteiger partial charge in [-0.3, -0.25) is 0 Å². The fourth-order valence-electron chi connectivity index (χ4n) is 1.65. The third-order valence-corrected chi connectivity index (χ3v) is 2.58. The van der Waals surface area contributed by atoms with Gasteiger partial charge in [0.2, 0.25) is 0 Å². The van der Waals surface area contributed by atoms with Crippen LogP contribution in [0.15, 0.2) is 12.1 Å². The van der Waals surface area contributed by atoms with Gasteiger partial charge in [0, 0.05) is 0 Å². The maximum atomic E-state index is 8.72. The minimum atomic E-state index is 0.415. The molecule has 0 heterocycles. The van der Waals surface area contributed by atoms with Gasteiger partial charge in [-0.05, 0) is 35.6 Å². The van der Waals surface area contributed by atoms with E-state index in [1.165, 1.54) is 5.56 Å². The van der Waals surface area contributed by atoms with E-state index in [0.29, 0.717) is 12.3 Å². The molecule has 0 saturated carbocycles. The quantitative estimate of drug-likeness (QED) is 0.755. The van der Waals surface area contributed by atoms with Gasteiger partial charge >= 0.3 is 0 Å². The van der Waals surface area contributed by atoms with E-state index in [2.05, 4.69) is 26.0 Å². The van der Waals surface area contributed by atoms with E-state index in [9.17, 15) is 0 Å². The Labute approximate surface area is 91.5 Å². The number of hydrogen-bond acceptors (Lipinski definition) is 2. The lowest BCUT2D eigenvalue weighted by atomic mass is 9.95. The Morgan fingerprint density at radius 1 is 1.40 bits per heavy atom. The third-order valence-electron chi connectivity index (χ3n) is 2.58. The molecule has 0 aromatic heterocycles. The highest BCUT2D eigenvalue weighted by Crippen LogP contribution is 2.29. The van der Waals surface area contributed by atoms with Gasteiger partial charge in [0.25, 0.3) is 0 Å². The van der Waals surface area contributed by atoms with Crippen molar-refractivity contribution in [2.75, 3.05) is 7.11 Å². The fraction of sp³-hybridized carbons (Fsp3) is 0.462. The molecular weight excluding hydrogens is 186 g/mol. The second-order valence-corrected chi connectivity index (χ2v) is 4.01. The SMILES string of the molecule is COc1cc(C)c(CC#N)cc1C(C)C. The number of rotatable bonds is 3. The molecule has 0 unspecified atom stereocenters. The molecule has 0 amide bonds. The molecule has 0 aliphatic carbocycles. The Morgan fingerprint density at radius 3 is 2.53 bits per heavy atom. The number of nitriles is 1.